The van der Waals surface area contributed by atoms with Crippen LogP contribution in [0.2, 0.25) is 0 Å². The first-order chi connectivity index (χ1) is 12.3. The van der Waals surface area contributed by atoms with Crippen LogP contribution in [0.5, 0.6) is 0 Å². The zero-order valence-electron chi connectivity index (χ0n) is 16.4. The topological polar surface area (TPSA) is 17.1 Å². The standard InChI is InChI=1S/C24H38O/c1-21(25)22-17-19-24(20-18-22)23-15-13-11-9-7-5-3-2-4-6-8-10-12-14-16-23/h17-20,23H,2-16H2,1H3. The molecule has 140 valence electrons. The van der Waals surface area contributed by atoms with Gasteiger partial charge in [-0.2, -0.15) is 0 Å². The Morgan fingerprint density at radius 3 is 1.36 bits per heavy atom. The SMILES string of the molecule is CC(=O)c1ccc(C2CCCCCCCCCCCCCCC2)cc1. The van der Waals surface area contributed by atoms with E-state index < -0.39 is 0 Å². The van der Waals surface area contributed by atoms with Gasteiger partial charge in [0, 0.05) is 5.56 Å². The highest BCUT2D eigenvalue weighted by molar-refractivity contribution is 5.94. The molecule has 0 N–H and O–H groups in total. The van der Waals surface area contributed by atoms with Gasteiger partial charge in [0.2, 0.25) is 0 Å². The maximum atomic E-state index is 11.5. The van der Waals surface area contributed by atoms with Crippen molar-refractivity contribution < 1.29 is 4.79 Å². The van der Waals surface area contributed by atoms with Gasteiger partial charge in [-0.05, 0) is 31.2 Å². The molecule has 1 fully saturated rings. The van der Waals surface area contributed by atoms with Gasteiger partial charge >= 0.3 is 0 Å². The summed E-state index contributed by atoms with van der Waals surface area (Å²) < 4.78 is 0. The average molecular weight is 343 g/mol. The normalized spacial score (nSPS) is 20.2. The van der Waals surface area contributed by atoms with Crippen molar-refractivity contribution in [3.63, 3.8) is 0 Å². The van der Waals surface area contributed by atoms with Crippen LogP contribution in [0.15, 0.2) is 24.3 Å². The summed E-state index contributed by atoms with van der Waals surface area (Å²) in [6, 6.07) is 8.47. The van der Waals surface area contributed by atoms with E-state index in [1.165, 1.54) is 102 Å². The van der Waals surface area contributed by atoms with Crippen LogP contribution in [0.1, 0.15) is 125 Å². The predicted octanol–water partition coefficient (Wildman–Crippen LogP) is 7.84. The van der Waals surface area contributed by atoms with Crippen molar-refractivity contribution in [2.24, 2.45) is 0 Å². The van der Waals surface area contributed by atoms with E-state index in [1.54, 1.807) is 6.92 Å². The van der Waals surface area contributed by atoms with E-state index in [4.69, 9.17) is 0 Å². The Morgan fingerprint density at radius 2 is 1.00 bits per heavy atom. The predicted molar refractivity (Wildman–Crippen MR) is 108 cm³/mol. The summed E-state index contributed by atoms with van der Waals surface area (Å²) in [5.41, 5.74) is 2.29. The van der Waals surface area contributed by atoms with Crippen molar-refractivity contribution in [2.45, 2.75) is 109 Å². The van der Waals surface area contributed by atoms with E-state index in [-0.39, 0.29) is 5.78 Å². The largest absolute Gasteiger partial charge is 0.295 e. The van der Waals surface area contributed by atoms with Gasteiger partial charge in [0.1, 0.15) is 0 Å². The lowest BCUT2D eigenvalue weighted by Crippen LogP contribution is -2.01. The molecule has 1 nitrogen and oxygen atoms in total. The van der Waals surface area contributed by atoms with Crippen molar-refractivity contribution in [1.29, 1.82) is 0 Å². The van der Waals surface area contributed by atoms with E-state index in [9.17, 15) is 4.79 Å². The zero-order chi connectivity index (χ0) is 17.7. The molecule has 1 heteroatoms. The molecule has 1 aromatic carbocycles. The van der Waals surface area contributed by atoms with Gasteiger partial charge in [0.25, 0.3) is 0 Å². The molecule has 1 saturated carbocycles. The van der Waals surface area contributed by atoms with Crippen LogP contribution in [0.25, 0.3) is 0 Å². The first kappa shape index (κ1) is 20.2. The molecule has 0 unspecified atom stereocenters. The fourth-order valence-corrected chi connectivity index (χ4v) is 4.19. The van der Waals surface area contributed by atoms with Gasteiger partial charge in [-0.25, -0.2) is 0 Å². The van der Waals surface area contributed by atoms with Crippen LogP contribution in [0.3, 0.4) is 0 Å². The lowest BCUT2D eigenvalue weighted by atomic mass is 9.87. The van der Waals surface area contributed by atoms with E-state index in [0.29, 0.717) is 5.92 Å². The number of carbonyl (C=O) groups is 1. The first-order valence-electron chi connectivity index (χ1n) is 10.9. The summed E-state index contributed by atoms with van der Waals surface area (Å²) in [7, 11) is 0. The molecule has 0 heterocycles. The second-order valence-electron chi connectivity index (χ2n) is 8.05. The minimum Gasteiger partial charge on any atom is -0.295 e. The Hall–Kier alpha value is -1.11. The smallest absolute Gasteiger partial charge is 0.159 e. The quantitative estimate of drug-likeness (QED) is 0.500. The maximum Gasteiger partial charge on any atom is 0.159 e. The number of ketones is 1. The number of rotatable bonds is 2. The second kappa shape index (κ2) is 12.3. The molecule has 0 aromatic heterocycles. The summed E-state index contributed by atoms with van der Waals surface area (Å²) in [5.74, 6) is 0.860. The Balaban J connectivity index is 1.89. The molecule has 1 aromatic rings. The van der Waals surface area contributed by atoms with Gasteiger partial charge in [-0.3, -0.25) is 4.79 Å². The summed E-state index contributed by atoms with van der Waals surface area (Å²) in [6.07, 6.45) is 21.1. The summed E-state index contributed by atoms with van der Waals surface area (Å²) in [5, 5.41) is 0. The number of hydrogen-bond acceptors (Lipinski definition) is 1. The molecular weight excluding hydrogens is 304 g/mol. The molecule has 0 radical (unpaired) electrons. The Bertz CT molecular complexity index is 457. The van der Waals surface area contributed by atoms with Crippen LogP contribution < -0.4 is 0 Å². The van der Waals surface area contributed by atoms with E-state index in [0.717, 1.165) is 5.56 Å². The Labute approximate surface area is 155 Å². The fraction of sp³-hybridized carbons (Fsp3) is 0.708. The van der Waals surface area contributed by atoms with Crippen LogP contribution in [-0.2, 0) is 0 Å². The molecule has 0 saturated heterocycles. The summed E-state index contributed by atoms with van der Waals surface area (Å²) >= 11 is 0. The summed E-state index contributed by atoms with van der Waals surface area (Å²) in [4.78, 5) is 11.5. The Morgan fingerprint density at radius 1 is 0.640 bits per heavy atom. The van der Waals surface area contributed by atoms with Gasteiger partial charge < -0.3 is 0 Å². The number of carbonyl (C=O) groups excluding carboxylic acids is 1. The third-order valence-corrected chi connectivity index (χ3v) is 5.89. The zero-order valence-corrected chi connectivity index (χ0v) is 16.4. The van der Waals surface area contributed by atoms with Crippen LogP contribution >= 0.6 is 0 Å². The minimum absolute atomic E-state index is 0.171. The van der Waals surface area contributed by atoms with Gasteiger partial charge in [-0.15, -0.1) is 0 Å². The van der Waals surface area contributed by atoms with Crippen LogP contribution in [0.4, 0.5) is 0 Å². The monoisotopic (exact) mass is 342 g/mol. The highest BCUT2D eigenvalue weighted by Crippen LogP contribution is 2.29. The second-order valence-corrected chi connectivity index (χ2v) is 8.05. The van der Waals surface area contributed by atoms with Crippen LogP contribution in [-0.4, -0.2) is 5.78 Å². The van der Waals surface area contributed by atoms with E-state index >= 15 is 0 Å². The fourth-order valence-electron chi connectivity index (χ4n) is 4.19. The van der Waals surface area contributed by atoms with Gasteiger partial charge in [-0.1, -0.05) is 108 Å². The molecule has 2 rings (SSSR count). The van der Waals surface area contributed by atoms with Crippen LogP contribution in [0, 0.1) is 0 Å². The van der Waals surface area contributed by atoms with E-state index in [2.05, 4.69) is 12.1 Å². The number of Topliss-reactive ketones (excluding diaryl/α,β-unsaturated/α-hetero) is 1. The lowest BCUT2D eigenvalue weighted by Gasteiger charge is -2.18. The summed E-state index contributed by atoms with van der Waals surface area (Å²) in [6.45, 7) is 1.65. The van der Waals surface area contributed by atoms with Crippen molar-refractivity contribution in [2.75, 3.05) is 0 Å². The first-order valence-corrected chi connectivity index (χ1v) is 10.9. The van der Waals surface area contributed by atoms with E-state index in [1.807, 2.05) is 12.1 Å². The van der Waals surface area contributed by atoms with Gasteiger partial charge in [0.05, 0.1) is 0 Å². The lowest BCUT2D eigenvalue weighted by molar-refractivity contribution is 0.101. The maximum absolute atomic E-state index is 11.5. The van der Waals surface area contributed by atoms with Crippen molar-refractivity contribution in [1.82, 2.24) is 0 Å². The van der Waals surface area contributed by atoms with Gasteiger partial charge in [0.15, 0.2) is 5.78 Å². The molecule has 1 aliphatic rings. The van der Waals surface area contributed by atoms with Crippen molar-refractivity contribution in [3.05, 3.63) is 35.4 Å². The third-order valence-electron chi connectivity index (χ3n) is 5.89. The molecule has 0 atom stereocenters. The highest BCUT2D eigenvalue weighted by Gasteiger charge is 2.12. The molecule has 0 bridgehead atoms. The highest BCUT2D eigenvalue weighted by atomic mass is 16.1. The number of hydrogen-bond donors (Lipinski definition) is 0. The molecular formula is C24H38O. The molecule has 0 aliphatic heterocycles. The van der Waals surface area contributed by atoms with Crippen molar-refractivity contribution in [3.8, 4) is 0 Å². The van der Waals surface area contributed by atoms with Crippen molar-refractivity contribution >= 4 is 5.78 Å². The molecule has 1 aliphatic carbocycles. The molecule has 0 spiro atoms. The molecule has 25 heavy (non-hydrogen) atoms. The number of benzene rings is 1. The average Bonchev–Trinajstić information content (AvgIpc) is 2.62. The minimum atomic E-state index is 0.171. The third kappa shape index (κ3) is 8.21. The Kier molecular flexibility index (Phi) is 9.92. The molecule has 0 amide bonds.